The minimum atomic E-state index is 0.535. The summed E-state index contributed by atoms with van der Waals surface area (Å²) in [6, 6.07) is 14.3. The first kappa shape index (κ1) is 13.5. The Kier molecular flexibility index (Phi) is 3.77. The normalized spacial score (nSPS) is 10.9. The first-order chi connectivity index (χ1) is 10.3. The molecule has 0 spiro atoms. The molecule has 0 saturated heterocycles. The van der Waals surface area contributed by atoms with E-state index >= 15 is 0 Å². The van der Waals surface area contributed by atoms with Crippen LogP contribution < -0.4 is 10.5 Å². The van der Waals surface area contributed by atoms with Gasteiger partial charge in [0.2, 0.25) is 0 Å². The number of rotatable bonds is 5. The Hall–Kier alpha value is -2.49. The number of H-pyrrole nitrogens is 1. The van der Waals surface area contributed by atoms with E-state index in [9.17, 15) is 0 Å². The summed E-state index contributed by atoms with van der Waals surface area (Å²) in [4.78, 5) is 0. The van der Waals surface area contributed by atoms with E-state index in [2.05, 4.69) is 41.4 Å². The number of anilines is 1. The molecular formula is C17H19N3O. The average Bonchev–Trinajstić information content (AvgIpc) is 2.89. The molecule has 2 aromatic carbocycles. The Morgan fingerprint density at radius 2 is 2.00 bits per heavy atom. The Labute approximate surface area is 123 Å². The van der Waals surface area contributed by atoms with Gasteiger partial charge in [0, 0.05) is 5.39 Å². The zero-order valence-corrected chi connectivity index (χ0v) is 12.1. The summed E-state index contributed by atoms with van der Waals surface area (Å²) < 4.78 is 5.76. The van der Waals surface area contributed by atoms with E-state index in [1.165, 1.54) is 0 Å². The van der Waals surface area contributed by atoms with E-state index in [4.69, 9.17) is 10.5 Å². The molecule has 0 fully saturated rings. The van der Waals surface area contributed by atoms with Gasteiger partial charge in [0.15, 0.2) is 5.82 Å². The highest BCUT2D eigenvalue weighted by Gasteiger charge is 2.05. The minimum absolute atomic E-state index is 0.535. The van der Waals surface area contributed by atoms with Crippen LogP contribution in [0.3, 0.4) is 0 Å². The van der Waals surface area contributed by atoms with Gasteiger partial charge < -0.3 is 10.5 Å². The molecule has 0 aliphatic heterocycles. The van der Waals surface area contributed by atoms with Crippen LogP contribution in [0.15, 0.2) is 42.5 Å². The highest BCUT2D eigenvalue weighted by Crippen LogP contribution is 2.28. The summed E-state index contributed by atoms with van der Waals surface area (Å²) in [5.74, 6) is 1.44. The number of hydrogen-bond acceptors (Lipinski definition) is 3. The molecule has 0 unspecified atom stereocenters. The zero-order chi connectivity index (χ0) is 14.7. The Balaban J connectivity index is 1.89. The number of nitrogens with one attached hydrogen (secondary N) is 1. The molecule has 1 aromatic heterocycles. The van der Waals surface area contributed by atoms with Gasteiger partial charge in [-0.05, 0) is 41.8 Å². The van der Waals surface area contributed by atoms with Gasteiger partial charge in [-0.3, -0.25) is 5.10 Å². The van der Waals surface area contributed by atoms with E-state index < -0.39 is 0 Å². The lowest BCUT2D eigenvalue weighted by molar-refractivity contribution is 0.309. The van der Waals surface area contributed by atoms with Crippen LogP contribution >= 0.6 is 0 Å². The van der Waals surface area contributed by atoms with Crippen molar-refractivity contribution in [1.82, 2.24) is 10.2 Å². The van der Waals surface area contributed by atoms with Crippen LogP contribution in [-0.4, -0.2) is 16.8 Å². The number of nitrogen functional groups attached to an aromatic ring is 1. The SMILES string of the molecule is CCCCOc1cccc(-c2ccc3c(N)n[nH]c3c2)c1. The second kappa shape index (κ2) is 5.87. The predicted molar refractivity (Wildman–Crippen MR) is 86.3 cm³/mol. The summed E-state index contributed by atoms with van der Waals surface area (Å²) >= 11 is 0. The van der Waals surface area contributed by atoms with Crippen molar-refractivity contribution < 1.29 is 4.74 Å². The molecule has 0 bridgehead atoms. The molecule has 3 aromatic rings. The smallest absolute Gasteiger partial charge is 0.153 e. The van der Waals surface area contributed by atoms with Crippen LogP contribution in [0.1, 0.15) is 19.8 Å². The molecule has 108 valence electrons. The molecule has 0 aliphatic rings. The molecule has 3 N–H and O–H groups in total. The molecule has 0 amide bonds. The van der Waals surface area contributed by atoms with Crippen molar-refractivity contribution in [3.8, 4) is 16.9 Å². The quantitative estimate of drug-likeness (QED) is 0.695. The van der Waals surface area contributed by atoms with Gasteiger partial charge in [-0.15, -0.1) is 0 Å². The molecule has 3 rings (SSSR count). The van der Waals surface area contributed by atoms with Crippen molar-refractivity contribution >= 4 is 16.7 Å². The standard InChI is InChI=1S/C17H19N3O/c1-2-3-9-21-14-6-4-5-12(10-14)13-7-8-15-16(11-13)19-20-17(15)18/h4-8,10-11H,2-3,9H2,1H3,(H3,18,19,20). The Bertz CT molecular complexity index is 749. The predicted octanol–water partition coefficient (Wildman–Crippen LogP) is 3.99. The fourth-order valence-electron chi connectivity index (χ4n) is 2.32. The zero-order valence-electron chi connectivity index (χ0n) is 12.1. The van der Waals surface area contributed by atoms with Crippen molar-refractivity contribution in [2.75, 3.05) is 12.3 Å². The lowest BCUT2D eigenvalue weighted by Crippen LogP contribution is -1.96. The highest BCUT2D eigenvalue weighted by atomic mass is 16.5. The van der Waals surface area contributed by atoms with E-state index in [0.29, 0.717) is 5.82 Å². The summed E-state index contributed by atoms with van der Waals surface area (Å²) in [5, 5.41) is 7.93. The second-order valence-electron chi connectivity index (χ2n) is 5.10. The first-order valence-electron chi connectivity index (χ1n) is 7.25. The van der Waals surface area contributed by atoms with Crippen molar-refractivity contribution in [3.63, 3.8) is 0 Å². The van der Waals surface area contributed by atoms with Crippen LogP contribution in [0, 0.1) is 0 Å². The largest absolute Gasteiger partial charge is 0.494 e. The molecular weight excluding hydrogens is 262 g/mol. The number of unbranched alkanes of at least 4 members (excludes halogenated alkanes) is 1. The van der Waals surface area contributed by atoms with Gasteiger partial charge in [0.25, 0.3) is 0 Å². The van der Waals surface area contributed by atoms with Gasteiger partial charge in [-0.1, -0.05) is 31.5 Å². The molecule has 0 atom stereocenters. The second-order valence-corrected chi connectivity index (χ2v) is 5.10. The fraction of sp³-hybridized carbons (Fsp3) is 0.235. The monoisotopic (exact) mass is 281 g/mol. The van der Waals surface area contributed by atoms with Crippen LogP contribution in [0.25, 0.3) is 22.0 Å². The lowest BCUT2D eigenvalue weighted by atomic mass is 10.0. The lowest BCUT2D eigenvalue weighted by Gasteiger charge is -2.08. The maximum Gasteiger partial charge on any atom is 0.153 e. The molecule has 1 heterocycles. The van der Waals surface area contributed by atoms with Crippen LogP contribution in [-0.2, 0) is 0 Å². The molecule has 21 heavy (non-hydrogen) atoms. The number of fused-ring (bicyclic) bond motifs is 1. The van der Waals surface area contributed by atoms with Crippen molar-refractivity contribution in [2.24, 2.45) is 0 Å². The van der Waals surface area contributed by atoms with Crippen molar-refractivity contribution in [3.05, 3.63) is 42.5 Å². The maximum absolute atomic E-state index is 5.79. The topological polar surface area (TPSA) is 63.9 Å². The van der Waals surface area contributed by atoms with Crippen LogP contribution in [0.4, 0.5) is 5.82 Å². The number of aromatic nitrogens is 2. The van der Waals surface area contributed by atoms with Crippen molar-refractivity contribution in [1.29, 1.82) is 0 Å². The summed E-state index contributed by atoms with van der Waals surface area (Å²) in [6.45, 7) is 2.92. The van der Waals surface area contributed by atoms with Crippen molar-refractivity contribution in [2.45, 2.75) is 19.8 Å². The molecule has 4 heteroatoms. The number of aromatic amines is 1. The molecule has 0 saturated carbocycles. The number of benzene rings is 2. The summed E-state index contributed by atoms with van der Waals surface area (Å²) in [5.41, 5.74) is 8.98. The minimum Gasteiger partial charge on any atom is -0.494 e. The number of hydrogen-bond donors (Lipinski definition) is 2. The van der Waals surface area contributed by atoms with E-state index in [-0.39, 0.29) is 0 Å². The van der Waals surface area contributed by atoms with E-state index in [0.717, 1.165) is 47.2 Å². The summed E-state index contributed by atoms with van der Waals surface area (Å²) in [6.07, 6.45) is 2.21. The third-order valence-corrected chi connectivity index (χ3v) is 3.53. The van der Waals surface area contributed by atoms with Gasteiger partial charge in [-0.25, -0.2) is 0 Å². The first-order valence-corrected chi connectivity index (χ1v) is 7.25. The van der Waals surface area contributed by atoms with E-state index in [1.807, 2.05) is 18.2 Å². The fourth-order valence-corrected chi connectivity index (χ4v) is 2.32. The highest BCUT2D eigenvalue weighted by molar-refractivity contribution is 5.91. The number of nitrogens with two attached hydrogens (primary N) is 1. The van der Waals surface area contributed by atoms with E-state index in [1.54, 1.807) is 0 Å². The third-order valence-electron chi connectivity index (χ3n) is 3.53. The van der Waals surface area contributed by atoms with Gasteiger partial charge in [0.05, 0.1) is 12.1 Å². The molecule has 0 aliphatic carbocycles. The summed E-state index contributed by atoms with van der Waals surface area (Å²) in [7, 11) is 0. The van der Waals surface area contributed by atoms with Gasteiger partial charge >= 0.3 is 0 Å². The number of ether oxygens (including phenoxy) is 1. The Morgan fingerprint density at radius 3 is 2.86 bits per heavy atom. The molecule has 0 radical (unpaired) electrons. The molecule has 4 nitrogen and oxygen atoms in total. The average molecular weight is 281 g/mol. The number of nitrogens with zero attached hydrogens (tertiary/aromatic N) is 1. The van der Waals surface area contributed by atoms with Crippen LogP contribution in [0.2, 0.25) is 0 Å². The Morgan fingerprint density at radius 1 is 1.14 bits per heavy atom. The van der Waals surface area contributed by atoms with Gasteiger partial charge in [-0.2, -0.15) is 5.10 Å². The van der Waals surface area contributed by atoms with Crippen LogP contribution in [0.5, 0.6) is 5.75 Å². The maximum atomic E-state index is 5.79. The third kappa shape index (κ3) is 2.84. The van der Waals surface area contributed by atoms with Gasteiger partial charge in [0.1, 0.15) is 5.75 Å².